The molecule has 0 atom stereocenters. The van der Waals surface area contributed by atoms with E-state index in [2.05, 4.69) is 15.9 Å². The van der Waals surface area contributed by atoms with Crippen LogP contribution >= 0.6 is 15.9 Å². The third-order valence-electron chi connectivity index (χ3n) is 4.03. The number of carbonyl (C=O) groups excluding carboxylic acids is 1. The van der Waals surface area contributed by atoms with Crippen molar-refractivity contribution in [3.8, 4) is 11.5 Å². The Morgan fingerprint density at radius 1 is 1.04 bits per heavy atom. The van der Waals surface area contributed by atoms with Crippen molar-refractivity contribution in [3.63, 3.8) is 0 Å². The van der Waals surface area contributed by atoms with Gasteiger partial charge in [0.1, 0.15) is 11.5 Å². The van der Waals surface area contributed by atoms with E-state index in [0.717, 1.165) is 51.1 Å². The summed E-state index contributed by atoms with van der Waals surface area (Å²) in [5.41, 5.74) is 3.65. The highest BCUT2D eigenvalue weighted by Gasteiger charge is 2.22. The van der Waals surface area contributed by atoms with Crippen molar-refractivity contribution in [1.82, 2.24) is 0 Å². The minimum Gasteiger partial charge on any atom is -0.497 e. The zero-order chi connectivity index (χ0) is 16.4. The summed E-state index contributed by atoms with van der Waals surface area (Å²) in [6.07, 6.45) is 3.55. The third kappa shape index (κ3) is 3.17. The molecule has 3 nitrogen and oxygen atoms in total. The number of hydrogen-bond acceptors (Lipinski definition) is 3. The van der Waals surface area contributed by atoms with Crippen molar-refractivity contribution in [2.24, 2.45) is 0 Å². The first-order valence-corrected chi connectivity index (χ1v) is 8.17. The number of hydrogen-bond donors (Lipinski definition) is 0. The van der Waals surface area contributed by atoms with E-state index < -0.39 is 0 Å². The number of allylic oxidation sites excluding steroid dienone is 1. The molecule has 3 rings (SSSR count). The van der Waals surface area contributed by atoms with Crippen LogP contribution in [0.4, 0.5) is 0 Å². The van der Waals surface area contributed by atoms with Gasteiger partial charge in [-0.05, 0) is 76.3 Å². The molecule has 0 N–H and O–H groups in total. The summed E-state index contributed by atoms with van der Waals surface area (Å²) in [6, 6.07) is 11.4. The minimum absolute atomic E-state index is 0.0980. The maximum absolute atomic E-state index is 12.7. The quantitative estimate of drug-likeness (QED) is 0.733. The van der Waals surface area contributed by atoms with Crippen molar-refractivity contribution in [1.29, 1.82) is 0 Å². The van der Waals surface area contributed by atoms with E-state index in [1.807, 2.05) is 42.5 Å². The molecule has 2 aromatic rings. The van der Waals surface area contributed by atoms with Crippen molar-refractivity contribution in [3.05, 3.63) is 63.1 Å². The Balaban J connectivity index is 1.92. The summed E-state index contributed by atoms with van der Waals surface area (Å²) >= 11 is 3.48. The van der Waals surface area contributed by atoms with Gasteiger partial charge in [0.2, 0.25) is 0 Å². The average molecular weight is 373 g/mol. The van der Waals surface area contributed by atoms with Gasteiger partial charge in [0.05, 0.1) is 18.7 Å². The van der Waals surface area contributed by atoms with Crippen molar-refractivity contribution in [2.75, 3.05) is 14.2 Å². The number of benzene rings is 2. The van der Waals surface area contributed by atoms with Gasteiger partial charge in [-0.15, -0.1) is 0 Å². The van der Waals surface area contributed by atoms with Crippen LogP contribution in [0.2, 0.25) is 0 Å². The molecule has 4 heteroatoms. The standard InChI is InChI=1S/C19H17BrO3/c1-22-15-6-7-16-13(11-15)4-5-14(19(16)21)9-12-3-8-18(23-2)17(20)10-12/h3,6-11H,4-5H2,1-2H3. The second-order valence-electron chi connectivity index (χ2n) is 5.42. The molecule has 0 saturated carbocycles. The number of carbonyl (C=O) groups is 1. The van der Waals surface area contributed by atoms with Crippen molar-refractivity contribution < 1.29 is 14.3 Å². The van der Waals surface area contributed by atoms with E-state index in [1.165, 1.54) is 0 Å². The van der Waals surface area contributed by atoms with E-state index >= 15 is 0 Å². The van der Waals surface area contributed by atoms with Crippen LogP contribution in [0, 0.1) is 0 Å². The molecule has 0 aliphatic heterocycles. The first kappa shape index (κ1) is 15.8. The third-order valence-corrected chi connectivity index (χ3v) is 4.65. The summed E-state index contributed by atoms with van der Waals surface area (Å²) < 4.78 is 11.3. The Kier molecular flexibility index (Phi) is 4.53. The number of halogens is 1. The second-order valence-corrected chi connectivity index (χ2v) is 6.27. The van der Waals surface area contributed by atoms with Gasteiger partial charge in [0.15, 0.2) is 5.78 Å². The lowest BCUT2D eigenvalue weighted by atomic mass is 9.86. The topological polar surface area (TPSA) is 35.5 Å². The summed E-state index contributed by atoms with van der Waals surface area (Å²) in [6.45, 7) is 0. The van der Waals surface area contributed by atoms with Gasteiger partial charge in [-0.3, -0.25) is 4.79 Å². The fourth-order valence-corrected chi connectivity index (χ4v) is 3.35. The van der Waals surface area contributed by atoms with Crippen molar-refractivity contribution in [2.45, 2.75) is 12.8 Å². The smallest absolute Gasteiger partial charge is 0.189 e. The van der Waals surface area contributed by atoms with Gasteiger partial charge in [0.25, 0.3) is 0 Å². The normalized spacial score (nSPS) is 15.4. The molecule has 0 spiro atoms. The van der Waals surface area contributed by atoms with E-state index in [-0.39, 0.29) is 5.78 Å². The minimum atomic E-state index is 0.0980. The van der Waals surface area contributed by atoms with Gasteiger partial charge < -0.3 is 9.47 Å². The van der Waals surface area contributed by atoms with Crippen LogP contribution in [0.3, 0.4) is 0 Å². The van der Waals surface area contributed by atoms with Crippen molar-refractivity contribution >= 4 is 27.8 Å². The van der Waals surface area contributed by atoms with E-state index in [4.69, 9.17) is 9.47 Å². The lowest BCUT2D eigenvalue weighted by Gasteiger charge is -2.18. The maximum Gasteiger partial charge on any atom is 0.189 e. The van der Waals surface area contributed by atoms with Crippen LogP contribution in [0.5, 0.6) is 11.5 Å². The number of Topliss-reactive ketones (excluding diaryl/α,β-unsaturated/α-hetero) is 1. The fraction of sp³-hybridized carbons (Fsp3) is 0.211. The monoisotopic (exact) mass is 372 g/mol. The van der Waals surface area contributed by atoms with E-state index in [0.29, 0.717) is 0 Å². The van der Waals surface area contributed by atoms with Crippen LogP contribution in [-0.4, -0.2) is 20.0 Å². The first-order valence-electron chi connectivity index (χ1n) is 7.38. The molecule has 2 aromatic carbocycles. The second kappa shape index (κ2) is 6.59. The molecule has 0 fully saturated rings. The molecule has 0 unspecified atom stereocenters. The van der Waals surface area contributed by atoms with Gasteiger partial charge in [0, 0.05) is 11.1 Å². The maximum atomic E-state index is 12.7. The summed E-state index contributed by atoms with van der Waals surface area (Å²) in [4.78, 5) is 12.7. The van der Waals surface area contributed by atoms with Gasteiger partial charge >= 0.3 is 0 Å². The fourth-order valence-electron chi connectivity index (χ4n) is 2.79. The van der Waals surface area contributed by atoms with Crippen LogP contribution in [-0.2, 0) is 6.42 Å². The van der Waals surface area contributed by atoms with Crippen LogP contribution in [0.15, 0.2) is 46.4 Å². The number of aryl methyl sites for hydroxylation is 1. The highest BCUT2D eigenvalue weighted by molar-refractivity contribution is 9.10. The molecular weight excluding hydrogens is 356 g/mol. The lowest BCUT2D eigenvalue weighted by molar-refractivity contribution is 0.102. The Hall–Kier alpha value is -2.07. The number of rotatable bonds is 3. The van der Waals surface area contributed by atoms with E-state index in [9.17, 15) is 4.79 Å². The number of ketones is 1. The predicted octanol–water partition coefficient (Wildman–Crippen LogP) is 4.68. The molecule has 0 radical (unpaired) electrons. The molecule has 23 heavy (non-hydrogen) atoms. The summed E-state index contributed by atoms with van der Waals surface area (Å²) in [5.74, 6) is 1.67. The zero-order valence-corrected chi connectivity index (χ0v) is 14.6. The Bertz CT molecular complexity index is 793. The van der Waals surface area contributed by atoms with Crippen LogP contribution < -0.4 is 9.47 Å². The Labute approximate surface area is 144 Å². The number of methoxy groups -OCH3 is 2. The molecule has 1 aliphatic rings. The van der Waals surface area contributed by atoms with Gasteiger partial charge in [-0.25, -0.2) is 0 Å². The number of ether oxygens (including phenoxy) is 2. The SMILES string of the molecule is COc1ccc2c(c1)CCC(=Cc1ccc(OC)c(Br)c1)C2=O. The summed E-state index contributed by atoms with van der Waals surface area (Å²) in [7, 11) is 3.27. The van der Waals surface area contributed by atoms with E-state index in [1.54, 1.807) is 14.2 Å². The number of fused-ring (bicyclic) bond motifs is 1. The molecule has 0 bridgehead atoms. The molecule has 1 aliphatic carbocycles. The molecule has 0 amide bonds. The molecule has 118 valence electrons. The van der Waals surface area contributed by atoms with Gasteiger partial charge in [-0.1, -0.05) is 6.07 Å². The molecule has 0 heterocycles. The van der Waals surface area contributed by atoms with Crippen LogP contribution in [0.25, 0.3) is 6.08 Å². The highest BCUT2D eigenvalue weighted by Crippen LogP contribution is 2.31. The summed E-state index contributed by atoms with van der Waals surface area (Å²) in [5, 5.41) is 0. The molecular formula is C19H17BrO3. The average Bonchev–Trinajstić information content (AvgIpc) is 2.57. The molecule has 0 aromatic heterocycles. The van der Waals surface area contributed by atoms with Crippen LogP contribution in [0.1, 0.15) is 27.9 Å². The Morgan fingerprint density at radius 3 is 2.57 bits per heavy atom. The lowest BCUT2D eigenvalue weighted by Crippen LogP contribution is -2.14. The molecule has 0 saturated heterocycles. The predicted molar refractivity (Wildman–Crippen MR) is 94.3 cm³/mol. The zero-order valence-electron chi connectivity index (χ0n) is 13.1. The largest absolute Gasteiger partial charge is 0.497 e. The first-order chi connectivity index (χ1) is 11.1. The van der Waals surface area contributed by atoms with Gasteiger partial charge in [-0.2, -0.15) is 0 Å². The Morgan fingerprint density at radius 2 is 1.87 bits per heavy atom. The highest BCUT2D eigenvalue weighted by atomic mass is 79.9.